The predicted octanol–water partition coefficient (Wildman–Crippen LogP) is 4.51. The number of amides is 2. The van der Waals surface area contributed by atoms with Gasteiger partial charge in [0.25, 0.3) is 0 Å². The maximum Gasteiger partial charge on any atom is 0.314 e. The lowest BCUT2D eigenvalue weighted by Crippen LogP contribution is -2.29. The minimum absolute atomic E-state index is 0.00482. The fraction of sp³-hybridized carbons (Fsp3) is 0.154. The summed E-state index contributed by atoms with van der Waals surface area (Å²) in [5.74, 6) is -3.16. The van der Waals surface area contributed by atoms with Gasteiger partial charge in [-0.05, 0) is 52.0 Å². The molecule has 0 bridgehead atoms. The second-order valence-corrected chi connectivity index (χ2v) is 7.57. The zero-order valence-corrected chi connectivity index (χ0v) is 20.2. The van der Waals surface area contributed by atoms with Crippen LogP contribution in [0.1, 0.15) is 27.7 Å². The van der Waals surface area contributed by atoms with Crippen molar-refractivity contribution in [3.8, 4) is 0 Å². The summed E-state index contributed by atoms with van der Waals surface area (Å²) in [4.78, 5) is 56.7. The highest BCUT2D eigenvalue weighted by Gasteiger charge is 2.17. The van der Waals surface area contributed by atoms with Crippen molar-refractivity contribution in [2.75, 3.05) is 10.6 Å². The number of allylic oxidation sites excluding steroid dienone is 4. The van der Waals surface area contributed by atoms with Crippen LogP contribution < -0.4 is 10.6 Å². The SMILES string of the molecule is CC(=O)/C(C=Nc1ccccc1NC(=O)C(=O)Nc1ccccc1N=C/C(C(C)=O)=C(/C)O)=C(\C)O. The number of aliphatic hydroxyl groups excluding tert-OH is 2. The second kappa shape index (κ2) is 12.6. The first-order chi connectivity index (χ1) is 17.0. The first kappa shape index (κ1) is 27.4. The highest BCUT2D eigenvalue weighted by Crippen LogP contribution is 2.26. The molecule has 2 rings (SSSR count). The number of benzene rings is 2. The van der Waals surface area contributed by atoms with Crippen LogP contribution in [0.4, 0.5) is 22.7 Å². The monoisotopic (exact) mass is 490 g/mol. The van der Waals surface area contributed by atoms with Gasteiger partial charge in [-0.15, -0.1) is 0 Å². The lowest BCUT2D eigenvalue weighted by atomic mass is 10.2. The minimum Gasteiger partial charge on any atom is -0.512 e. The van der Waals surface area contributed by atoms with Gasteiger partial charge in [0.15, 0.2) is 11.6 Å². The molecule has 2 aromatic carbocycles. The van der Waals surface area contributed by atoms with E-state index >= 15 is 0 Å². The van der Waals surface area contributed by atoms with Crippen LogP contribution in [0.5, 0.6) is 0 Å². The first-order valence-electron chi connectivity index (χ1n) is 10.7. The van der Waals surface area contributed by atoms with Crippen molar-refractivity contribution in [2.24, 2.45) is 9.98 Å². The van der Waals surface area contributed by atoms with Gasteiger partial charge in [0.1, 0.15) is 11.5 Å². The molecule has 2 aromatic rings. The zero-order chi connectivity index (χ0) is 26.8. The third-order valence-corrected chi connectivity index (χ3v) is 4.71. The van der Waals surface area contributed by atoms with E-state index in [9.17, 15) is 29.4 Å². The standard InChI is InChI=1S/C26H26N4O6/c1-15(31)19(16(2)32)13-27-21-9-5-7-11-23(21)29-25(35)26(36)30-24-12-8-6-10-22(24)28-14-20(17(3)33)18(4)34/h5-14,31,33H,1-4H3,(H,29,35)(H,30,36)/b19-15+,20-17+,27-13?,28-14?. The number of ketones is 2. The number of nitrogens with zero attached hydrogens (tertiary/aromatic N) is 2. The Morgan fingerprint density at radius 2 is 0.972 bits per heavy atom. The Labute approximate surface area is 207 Å². The highest BCUT2D eigenvalue weighted by atomic mass is 16.3. The number of aliphatic imine (C=N–C) groups is 2. The van der Waals surface area contributed by atoms with Crippen LogP contribution in [0.25, 0.3) is 0 Å². The van der Waals surface area contributed by atoms with Crippen molar-refractivity contribution >= 4 is 58.6 Å². The number of carbonyl (C=O) groups is 4. The van der Waals surface area contributed by atoms with E-state index in [2.05, 4.69) is 20.6 Å². The van der Waals surface area contributed by atoms with Gasteiger partial charge in [0, 0.05) is 12.4 Å². The van der Waals surface area contributed by atoms with Crippen LogP contribution in [0.3, 0.4) is 0 Å². The van der Waals surface area contributed by atoms with Gasteiger partial charge < -0.3 is 20.8 Å². The Morgan fingerprint density at radius 1 is 0.639 bits per heavy atom. The molecule has 4 N–H and O–H groups in total. The van der Waals surface area contributed by atoms with E-state index in [1.807, 2.05) is 0 Å². The molecule has 36 heavy (non-hydrogen) atoms. The Kier molecular flexibility index (Phi) is 9.55. The molecule has 0 saturated carbocycles. The quantitative estimate of drug-likeness (QED) is 0.184. The molecular weight excluding hydrogens is 464 g/mol. The Hall–Kier alpha value is -4.86. The van der Waals surface area contributed by atoms with E-state index < -0.39 is 11.8 Å². The summed E-state index contributed by atoms with van der Waals surface area (Å²) in [6.07, 6.45) is 2.35. The Balaban J connectivity index is 2.23. The molecule has 0 atom stereocenters. The van der Waals surface area contributed by atoms with Crippen molar-refractivity contribution in [3.05, 3.63) is 71.2 Å². The largest absolute Gasteiger partial charge is 0.512 e. The fourth-order valence-corrected chi connectivity index (χ4v) is 2.89. The molecule has 0 radical (unpaired) electrons. The van der Waals surface area contributed by atoms with Crippen molar-refractivity contribution in [1.29, 1.82) is 0 Å². The van der Waals surface area contributed by atoms with E-state index in [-0.39, 0.29) is 57.0 Å². The average molecular weight is 491 g/mol. The van der Waals surface area contributed by atoms with Crippen LogP contribution in [0, 0.1) is 0 Å². The summed E-state index contributed by atoms with van der Waals surface area (Å²) in [7, 11) is 0. The third kappa shape index (κ3) is 7.59. The van der Waals surface area contributed by atoms with Crippen molar-refractivity contribution in [2.45, 2.75) is 27.7 Å². The molecule has 10 nitrogen and oxygen atoms in total. The third-order valence-electron chi connectivity index (χ3n) is 4.71. The molecule has 10 heteroatoms. The summed E-state index contributed by atoms with van der Waals surface area (Å²) in [6.45, 7) is 5.27. The maximum absolute atomic E-state index is 12.6. The van der Waals surface area contributed by atoms with Crippen molar-refractivity contribution in [1.82, 2.24) is 0 Å². The normalized spacial score (nSPS) is 12.7. The lowest BCUT2D eigenvalue weighted by molar-refractivity contribution is -0.132. The molecule has 0 aliphatic rings. The summed E-state index contributed by atoms with van der Waals surface area (Å²) < 4.78 is 0. The summed E-state index contributed by atoms with van der Waals surface area (Å²) >= 11 is 0. The van der Waals surface area contributed by atoms with Gasteiger partial charge in [-0.1, -0.05) is 24.3 Å². The number of aliphatic hydroxyl groups is 2. The lowest BCUT2D eigenvalue weighted by Gasteiger charge is -2.10. The van der Waals surface area contributed by atoms with Crippen molar-refractivity contribution in [3.63, 3.8) is 0 Å². The van der Waals surface area contributed by atoms with Gasteiger partial charge in [-0.3, -0.25) is 29.2 Å². The molecule has 2 amide bonds. The molecule has 0 fully saturated rings. The second-order valence-electron chi connectivity index (χ2n) is 7.57. The molecule has 0 spiro atoms. The van der Waals surface area contributed by atoms with Gasteiger partial charge >= 0.3 is 11.8 Å². The van der Waals surface area contributed by atoms with Crippen LogP contribution in [-0.2, 0) is 19.2 Å². The first-order valence-corrected chi connectivity index (χ1v) is 10.7. The molecule has 0 aromatic heterocycles. The predicted molar refractivity (Wildman–Crippen MR) is 138 cm³/mol. The molecule has 0 aliphatic heterocycles. The van der Waals surface area contributed by atoms with E-state index in [1.54, 1.807) is 36.4 Å². The topological polar surface area (TPSA) is 158 Å². The number of anilines is 2. The Morgan fingerprint density at radius 3 is 1.28 bits per heavy atom. The van der Waals surface area contributed by atoms with Crippen LogP contribution >= 0.6 is 0 Å². The van der Waals surface area contributed by atoms with Crippen molar-refractivity contribution < 1.29 is 29.4 Å². The number of para-hydroxylation sites is 4. The van der Waals surface area contributed by atoms with E-state index in [0.29, 0.717) is 0 Å². The number of Topliss-reactive ketones (excluding diaryl/α,β-unsaturated/α-hetero) is 2. The van der Waals surface area contributed by atoms with Crippen LogP contribution in [-0.4, -0.2) is 46.0 Å². The summed E-state index contributed by atoms with van der Waals surface area (Å²) in [5, 5.41) is 24.2. The number of hydrogen-bond acceptors (Lipinski definition) is 8. The van der Waals surface area contributed by atoms with Gasteiger partial charge in [0.2, 0.25) is 0 Å². The van der Waals surface area contributed by atoms with Gasteiger partial charge in [-0.25, -0.2) is 0 Å². The smallest absolute Gasteiger partial charge is 0.314 e. The molecule has 0 unspecified atom stereocenters. The highest BCUT2D eigenvalue weighted by molar-refractivity contribution is 6.44. The molecule has 186 valence electrons. The van der Waals surface area contributed by atoms with E-state index in [1.165, 1.54) is 52.3 Å². The molecule has 0 saturated heterocycles. The van der Waals surface area contributed by atoms with Crippen LogP contribution in [0.15, 0.2) is 81.2 Å². The average Bonchev–Trinajstić information content (AvgIpc) is 2.80. The summed E-state index contributed by atoms with van der Waals surface area (Å²) in [5.41, 5.74) is 0.926. The van der Waals surface area contributed by atoms with Gasteiger partial charge in [0.05, 0.1) is 33.9 Å². The Bertz CT molecular complexity index is 1210. The number of hydrogen-bond donors (Lipinski definition) is 4. The van der Waals surface area contributed by atoms with E-state index in [0.717, 1.165) is 0 Å². The zero-order valence-electron chi connectivity index (χ0n) is 20.2. The number of carbonyl (C=O) groups excluding carboxylic acids is 4. The van der Waals surface area contributed by atoms with Gasteiger partial charge in [-0.2, -0.15) is 0 Å². The minimum atomic E-state index is -0.993. The maximum atomic E-state index is 12.6. The number of nitrogens with one attached hydrogen (secondary N) is 2. The summed E-state index contributed by atoms with van der Waals surface area (Å²) in [6, 6.07) is 12.7. The molecule has 0 heterocycles. The number of rotatable bonds is 8. The molecular formula is C26H26N4O6. The van der Waals surface area contributed by atoms with Crippen LogP contribution in [0.2, 0.25) is 0 Å². The fourth-order valence-electron chi connectivity index (χ4n) is 2.89. The van der Waals surface area contributed by atoms with E-state index in [4.69, 9.17) is 0 Å². The molecule has 0 aliphatic carbocycles.